The first-order valence-corrected chi connectivity index (χ1v) is 5.30. The van der Waals surface area contributed by atoms with E-state index in [2.05, 4.69) is 47.6 Å². The highest BCUT2D eigenvalue weighted by Crippen LogP contribution is 2.20. The van der Waals surface area contributed by atoms with Gasteiger partial charge in [-0.1, -0.05) is 12.1 Å². The van der Waals surface area contributed by atoms with Crippen molar-refractivity contribution in [2.24, 2.45) is 0 Å². The lowest BCUT2D eigenvalue weighted by atomic mass is 10.0. The fourth-order valence-electron chi connectivity index (χ4n) is 1.52. The predicted molar refractivity (Wildman–Crippen MR) is 66.5 cm³/mol. The van der Waals surface area contributed by atoms with Crippen LogP contribution in [0.1, 0.15) is 11.1 Å². The molecular weight excluding hydrogens is 198 g/mol. The largest absolute Gasteiger partial charge is 0.372 e. The summed E-state index contributed by atoms with van der Waals surface area (Å²) in [7, 11) is 1.83. The van der Waals surface area contributed by atoms with Gasteiger partial charge in [-0.15, -0.1) is 10.2 Å². The Bertz CT molecular complexity index is 489. The summed E-state index contributed by atoms with van der Waals surface area (Å²) in [6.45, 7) is 4.21. The van der Waals surface area contributed by atoms with E-state index in [0.717, 1.165) is 17.1 Å². The minimum atomic E-state index is 0.785. The molecule has 1 aromatic carbocycles. The number of rotatable bonds is 2. The van der Waals surface area contributed by atoms with Crippen LogP contribution in [0.3, 0.4) is 0 Å². The third-order valence-electron chi connectivity index (χ3n) is 2.72. The van der Waals surface area contributed by atoms with Gasteiger partial charge in [-0.05, 0) is 43.2 Å². The summed E-state index contributed by atoms with van der Waals surface area (Å²) >= 11 is 0. The van der Waals surface area contributed by atoms with Crippen LogP contribution in [-0.2, 0) is 0 Å². The molecule has 0 saturated carbocycles. The summed E-state index contributed by atoms with van der Waals surface area (Å²) in [6.07, 6.45) is 0. The molecule has 1 heterocycles. The van der Waals surface area contributed by atoms with Gasteiger partial charge in [0.15, 0.2) is 0 Å². The molecule has 0 spiro atoms. The van der Waals surface area contributed by atoms with Crippen molar-refractivity contribution in [1.29, 1.82) is 0 Å². The second-order valence-electron chi connectivity index (χ2n) is 3.85. The summed E-state index contributed by atoms with van der Waals surface area (Å²) in [4.78, 5) is 0. The van der Waals surface area contributed by atoms with E-state index in [0.29, 0.717) is 0 Å². The van der Waals surface area contributed by atoms with Crippen LogP contribution in [0, 0.1) is 13.8 Å². The van der Waals surface area contributed by atoms with Crippen LogP contribution in [0.2, 0.25) is 0 Å². The molecule has 1 aromatic heterocycles. The predicted octanol–water partition coefficient (Wildman–Crippen LogP) is 2.80. The highest BCUT2D eigenvalue weighted by molar-refractivity contribution is 5.61. The van der Waals surface area contributed by atoms with E-state index >= 15 is 0 Å². The van der Waals surface area contributed by atoms with Crippen molar-refractivity contribution in [2.75, 3.05) is 12.4 Å². The molecule has 2 rings (SSSR count). The normalized spacial score (nSPS) is 10.2. The summed E-state index contributed by atoms with van der Waals surface area (Å²) in [5.41, 5.74) is 4.58. The summed E-state index contributed by atoms with van der Waals surface area (Å²) in [5, 5.41) is 11.2. The average Bonchev–Trinajstić information content (AvgIpc) is 2.33. The molecule has 0 saturated heterocycles. The second-order valence-corrected chi connectivity index (χ2v) is 3.85. The average molecular weight is 213 g/mol. The third-order valence-corrected chi connectivity index (χ3v) is 2.72. The second kappa shape index (κ2) is 4.31. The Morgan fingerprint density at radius 3 is 2.31 bits per heavy atom. The van der Waals surface area contributed by atoms with Gasteiger partial charge in [-0.2, -0.15) is 0 Å². The van der Waals surface area contributed by atoms with Crippen molar-refractivity contribution in [3.63, 3.8) is 0 Å². The molecule has 0 aliphatic rings. The SMILES string of the molecule is CNc1ccc(-c2ccc(C)c(C)c2)nn1. The minimum absolute atomic E-state index is 0.785. The Morgan fingerprint density at radius 1 is 0.938 bits per heavy atom. The van der Waals surface area contributed by atoms with Crippen molar-refractivity contribution in [3.05, 3.63) is 41.5 Å². The van der Waals surface area contributed by atoms with E-state index < -0.39 is 0 Å². The summed E-state index contributed by atoms with van der Waals surface area (Å²) in [5.74, 6) is 0.785. The molecule has 3 heteroatoms. The van der Waals surface area contributed by atoms with Gasteiger partial charge in [0.25, 0.3) is 0 Å². The Hall–Kier alpha value is -1.90. The molecule has 0 fully saturated rings. The first-order valence-electron chi connectivity index (χ1n) is 5.30. The summed E-state index contributed by atoms with van der Waals surface area (Å²) < 4.78 is 0. The van der Waals surface area contributed by atoms with E-state index in [1.54, 1.807) is 0 Å². The van der Waals surface area contributed by atoms with Gasteiger partial charge >= 0.3 is 0 Å². The van der Waals surface area contributed by atoms with Crippen LogP contribution >= 0.6 is 0 Å². The first-order chi connectivity index (χ1) is 7.70. The van der Waals surface area contributed by atoms with E-state index in [1.165, 1.54) is 11.1 Å². The molecule has 16 heavy (non-hydrogen) atoms. The Morgan fingerprint density at radius 2 is 1.75 bits per heavy atom. The van der Waals surface area contributed by atoms with Gasteiger partial charge in [-0.3, -0.25) is 0 Å². The summed E-state index contributed by atoms with van der Waals surface area (Å²) in [6, 6.07) is 10.2. The number of hydrogen-bond acceptors (Lipinski definition) is 3. The molecule has 82 valence electrons. The quantitative estimate of drug-likeness (QED) is 0.833. The third kappa shape index (κ3) is 2.03. The van der Waals surface area contributed by atoms with Crippen LogP contribution in [0.25, 0.3) is 11.3 Å². The number of hydrogen-bond donors (Lipinski definition) is 1. The topological polar surface area (TPSA) is 37.8 Å². The van der Waals surface area contributed by atoms with Gasteiger partial charge in [-0.25, -0.2) is 0 Å². The number of aromatic nitrogens is 2. The molecular formula is C13H15N3. The van der Waals surface area contributed by atoms with Crippen molar-refractivity contribution in [3.8, 4) is 11.3 Å². The van der Waals surface area contributed by atoms with E-state index in [9.17, 15) is 0 Å². The van der Waals surface area contributed by atoms with Crippen molar-refractivity contribution < 1.29 is 0 Å². The molecule has 0 bridgehead atoms. The molecule has 0 amide bonds. The van der Waals surface area contributed by atoms with Crippen LogP contribution < -0.4 is 5.32 Å². The first kappa shape index (κ1) is 10.6. The van der Waals surface area contributed by atoms with Crippen LogP contribution in [0.5, 0.6) is 0 Å². The van der Waals surface area contributed by atoms with Crippen molar-refractivity contribution in [2.45, 2.75) is 13.8 Å². The lowest BCUT2D eigenvalue weighted by Gasteiger charge is -2.04. The van der Waals surface area contributed by atoms with Gasteiger partial charge in [0.1, 0.15) is 5.82 Å². The van der Waals surface area contributed by atoms with Crippen LogP contribution in [0.4, 0.5) is 5.82 Å². The fourth-order valence-corrected chi connectivity index (χ4v) is 1.52. The van der Waals surface area contributed by atoms with Crippen LogP contribution in [0.15, 0.2) is 30.3 Å². The van der Waals surface area contributed by atoms with E-state index in [1.807, 2.05) is 19.2 Å². The molecule has 3 nitrogen and oxygen atoms in total. The highest BCUT2D eigenvalue weighted by Gasteiger charge is 2.01. The molecule has 1 N–H and O–H groups in total. The van der Waals surface area contributed by atoms with Crippen molar-refractivity contribution >= 4 is 5.82 Å². The molecule has 0 unspecified atom stereocenters. The molecule has 0 atom stereocenters. The van der Waals surface area contributed by atoms with Gasteiger partial charge in [0.2, 0.25) is 0 Å². The number of nitrogens with zero attached hydrogens (tertiary/aromatic N) is 2. The standard InChI is InChI=1S/C13H15N3/c1-9-4-5-11(8-10(9)2)12-6-7-13(14-3)16-15-12/h4-8H,1-3H3,(H,14,16). The molecule has 2 aromatic rings. The van der Waals surface area contributed by atoms with Gasteiger partial charge in [0.05, 0.1) is 5.69 Å². The Kier molecular flexibility index (Phi) is 2.86. The number of benzene rings is 1. The zero-order valence-electron chi connectivity index (χ0n) is 9.78. The number of anilines is 1. The fraction of sp³-hybridized carbons (Fsp3) is 0.231. The van der Waals surface area contributed by atoms with E-state index in [4.69, 9.17) is 0 Å². The molecule has 0 aliphatic carbocycles. The lowest BCUT2D eigenvalue weighted by molar-refractivity contribution is 1.04. The maximum atomic E-state index is 4.18. The Balaban J connectivity index is 2.38. The minimum Gasteiger partial charge on any atom is -0.372 e. The van der Waals surface area contributed by atoms with Gasteiger partial charge < -0.3 is 5.32 Å². The maximum Gasteiger partial charge on any atom is 0.148 e. The zero-order chi connectivity index (χ0) is 11.5. The monoisotopic (exact) mass is 213 g/mol. The number of nitrogens with one attached hydrogen (secondary N) is 1. The molecule has 0 aliphatic heterocycles. The van der Waals surface area contributed by atoms with Crippen molar-refractivity contribution in [1.82, 2.24) is 10.2 Å². The maximum absolute atomic E-state index is 4.18. The lowest BCUT2D eigenvalue weighted by Crippen LogP contribution is -1.95. The Labute approximate surface area is 95.5 Å². The number of aryl methyl sites for hydroxylation is 2. The molecule has 0 radical (unpaired) electrons. The zero-order valence-corrected chi connectivity index (χ0v) is 9.78. The van der Waals surface area contributed by atoms with E-state index in [-0.39, 0.29) is 0 Å². The highest BCUT2D eigenvalue weighted by atomic mass is 15.2. The van der Waals surface area contributed by atoms with Crippen LogP contribution in [-0.4, -0.2) is 17.2 Å². The van der Waals surface area contributed by atoms with Gasteiger partial charge in [0, 0.05) is 12.6 Å². The smallest absolute Gasteiger partial charge is 0.148 e.